The summed E-state index contributed by atoms with van der Waals surface area (Å²) in [6, 6.07) is 0.643. The van der Waals surface area contributed by atoms with Gasteiger partial charge in [0.25, 0.3) is 0 Å². The monoisotopic (exact) mass is 231 g/mol. The third-order valence-corrected chi connectivity index (χ3v) is 4.07. The Hall–Kier alpha value is -1.12. The van der Waals surface area contributed by atoms with Crippen LogP contribution in [0.5, 0.6) is 0 Å². The summed E-state index contributed by atoms with van der Waals surface area (Å²) >= 11 is 0. The topological polar surface area (TPSA) is 37.8 Å². The van der Waals surface area contributed by atoms with E-state index in [0.717, 1.165) is 18.7 Å². The van der Waals surface area contributed by atoms with Gasteiger partial charge in [-0.05, 0) is 38.5 Å². The zero-order valence-corrected chi connectivity index (χ0v) is 10.4. The molecule has 0 atom stereocenters. The molecule has 92 valence electrons. The minimum atomic E-state index is 0.643. The van der Waals surface area contributed by atoms with Gasteiger partial charge in [-0.2, -0.15) is 0 Å². The second-order valence-corrected chi connectivity index (χ2v) is 5.33. The van der Waals surface area contributed by atoms with Crippen LogP contribution < -0.4 is 5.32 Å². The molecule has 0 amide bonds. The molecule has 2 aliphatic rings. The summed E-state index contributed by atoms with van der Waals surface area (Å²) in [6.45, 7) is 0. The molecule has 1 heterocycles. The molecule has 1 aromatic rings. The molecular formula is C14H21N3. The van der Waals surface area contributed by atoms with Gasteiger partial charge in [-0.1, -0.05) is 19.3 Å². The summed E-state index contributed by atoms with van der Waals surface area (Å²) in [5.41, 5.74) is 2.67. The first-order valence-corrected chi connectivity index (χ1v) is 7.03. The summed E-state index contributed by atoms with van der Waals surface area (Å²) < 4.78 is 0. The molecule has 3 rings (SSSR count). The normalized spacial score (nSPS) is 20.9. The first-order valence-electron chi connectivity index (χ1n) is 7.03. The maximum absolute atomic E-state index is 4.46. The highest BCUT2D eigenvalue weighted by Crippen LogP contribution is 2.27. The molecule has 1 fully saturated rings. The second-order valence-electron chi connectivity index (χ2n) is 5.33. The number of hydrogen-bond acceptors (Lipinski definition) is 3. The Balaban J connectivity index is 1.77. The minimum absolute atomic E-state index is 0.643. The van der Waals surface area contributed by atoms with Gasteiger partial charge in [0.05, 0.1) is 0 Å². The summed E-state index contributed by atoms with van der Waals surface area (Å²) in [7, 11) is 0. The quantitative estimate of drug-likeness (QED) is 0.850. The summed E-state index contributed by atoms with van der Waals surface area (Å²) in [4.78, 5) is 8.89. The second kappa shape index (κ2) is 5.03. The molecule has 0 bridgehead atoms. The van der Waals surface area contributed by atoms with Crippen molar-refractivity contribution < 1.29 is 0 Å². The van der Waals surface area contributed by atoms with Crippen LogP contribution in [0.2, 0.25) is 0 Å². The lowest BCUT2D eigenvalue weighted by Crippen LogP contribution is -2.24. The van der Waals surface area contributed by atoms with E-state index in [4.69, 9.17) is 0 Å². The van der Waals surface area contributed by atoms with Gasteiger partial charge in [0.15, 0.2) is 0 Å². The van der Waals surface area contributed by atoms with Crippen LogP contribution in [0, 0.1) is 0 Å². The van der Waals surface area contributed by atoms with Crippen molar-refractivity contribution in [3.05, 3.63) is 17.6 Å². The molecule has 1 saturated carbocycles. The first kappa shape index (κ1) is 11.0. The summed E-state index contributed by atoms with van der Waals surface area (Å²) in [5.74, 6) is 1.13. The van der Waals surface area contributed by atoms with Crippen LogP contribution in [0.3, 0.4) is 0 Å². The van der Waals surface area contributed by atoms with Crippen LogP contribution in [0.25, 0.3) is 0 Å². The maximum Gasteiger partial charge on any atom is 0.133 e. The number of anilines is 1. The average Bonchev–Trinajstić information content (AvgIpc) is 2.40. The third kappa shape index (κ3) is 2.43. The van der Waals surface area contributed by atoms with E-state index >= 15 is 0 Å². The third-order valence-electron chi connectivity index (χ3n) is 4.07. The van der Waals surface area contributed by atoms with E-state index in [2.05, 4.69) is 15.3 Å². The Morgan fingerprint density at radius 2 is 1.76 bits per heavy atom. The van der Waals surface area contributed by atoms with E-state index in [0.29, 0.717) is 6.04 Å². The van der Waals surface area contributed by atoms with Gasteiger partial charge in [-0.15, -0.1) is 0 Å². The average molecular weight is 231 g/mol. The number of hydrogen-bond donors (Lipinski definition) is 1. The Morgan fingerprint density at radius 3 is 2.65 bits per heavy atom. The zero-order chi connectivity index (χ0) is 11.5. The first-order chi connectivity index (χ1) is 8.43. The van der Waals surface area contributed by atoms with Gasteiger partial charge < -0.3 is 5.32 Å². The van der Waals surface area contributed by atoms with E-state index in [1.165, 1.54) is 56.2 Å². The van der Waals surface area contributed by atoms with Gasteiger partial charge in [-0.25, -0.2) is 9.97 Å². The van der Waals surface area contributed by atoms with Gasteiger partial charge >= 0.3 is 0 Å². The molecule has 17 heavy (non-hydrogen) atoms. The van der Waals surface area contributed by atoms with Crippen molar-refractivity contribution >= 4 is 5.82 Å². The Labute approximate surface area is 103 Å². The van der Waals surface area contributed by atoms with E-state index in [9.17, 15) is 0 Å². The van der Waals surface area contributed by atoms with Crippen LogP contribution >= 0.6 is 0 Å². The van der Waals surface area contributed by atoms with E-state index in [1.54, 1.807) is 6.33 Å². The van der Waals surface area contributed by atoms with Crippen molar-refractivity contribution in [1.29, 1.82) is 0 Å². The van der Waals surface area contributed by atoms with Crippen LogP contribution in [0.15, 0.2) is 6.33 Å². The largest absolute Gasteiger partial charge is 0.367 e. The lowest BCUT2D eigenvalue weighted by atomic mass is 9.93. The van der Waals surface area contributed by atoms with E-state index in [1.807, 2.05) is 0 Å². The van der Waals surface area contributed by atoms with E-state index < -0.39 is 0 Å². The summed E-state index contributed by atoms with van der Waals surface area (Å²) in [5, 5.41) is 3.66. The predicted molar refractivity (Wildman–Crippen MR) is 69.2 cm³/mol. The highest BCUT2D eigenvalue weighted by Gasteiger charge is 2.19. The van der Waals surface area contributed by atoms with Crippen molar-refractivity contribution in [3.8, 4) is 0 Å². The number of aromatic nitrogens is 2. The molecule has 1 aromatic heterocycles. The summed E-state index contributed by atoms with van der Waals surface area (Å²) in [6.07, 6.45) is 13.3. The van der Waals surface area contributed by atoms with Crippen LogP contribution in [0.4, 0.5) is 5.82 Å². The van der Waals surface area contributed by atoms with E-state index in [-0.39, 0.29) is 0 Å². The molecule has 0 aromatic carbocycles. The Bertz CT molecular complexity index is 383. The smallest absolute Gasteiger partial charge is 0.133 e. The SMILES string of the molecule is c1nc2c(c(NC3CCCCC3)n1)CCCC2. The van der Waals surface area contributed by atoms with Crippen LogP contribution in [-0.2, 0) is 12.8 Å². The van der Waals surface area contributed by atoms with Crippen molar-refractivity contribution in [2.75, 3.05) is 5.32 Å². The van der Waals surface area contributed by atoms with Crippen LogP contribution in [-0.4, -0.2) is 16.0 Å². The van der Waals surface area contributed by atoms with Crippen molar-refractivity contribution in [1.82, 2.24) is 9.97 Å². The maximum atomic E-state index is 4.46. The predicted octanol–water partition coefficient (Wildman–Crippen LogP) is 3.10. The number of nitrogens with zero attached hydrogens (tertiary/aromatic N) is 2. The molecule has 0 unspecified atom stereocenters. The molecule has 0 radical (unpaired) electrons. The molecule has 0 saturated heterocycles. The number of fused-ring (bicyclic) bond motifs is 1. The zero-order valence-electron chi connectivity index (χ0n) is 10.4. The van der Waals surface area contributed by atoms with Gasteiger partial charge in [-0.3, -0.25) is 0 Å². The molecule has 3 nitrogen and oxygen atoms in total. The fourth-order valence-corrected chi connectivity index (χ4v) is 3.09. The highest BCUT2D eigenvalue weighted by atomic mass is 15.0. The number of aryl methyl sites for hydroxylation is 1. The molecule has 0 aliphatic heterocycles. The Morgan fingerprint density at radius 1 is 0.941 bits per heavy atom. The number of nitrogens with one attached hydrogen (secondary N) is 1. The molecule has 3 heteroatoms. The lowest BCUT2D eigenvalue weighted by molar-refractivity contribution is 0.461. The van der Waals surface area contributed by atoms with Crippen molar-refractivity contribution in [2.24, 2.45) is 0 Å². The van der Waals surface area contributed by atoms with Crippen molar-refractivity contribution in [2.45, 2.75) is 63.8 Å². The standard InChI is InChI=1S/C14H21N3/c1-2-6-11(7-3-1)17-14-12-8-4-5-9-13(12)15-10-16-14/h10-11H,1-9H2,(H,15,16,17). The highest BCUT2D eigenvalue weighted by molar-refractivity contribution is 5.47. The fourth-order valence-electron chi connectivity index (χ4n) is 3.09. The molecule has 0 spiro atoms. The number of rotatable bonds is 2. The minimum Gasteiger partial charge on any atom is -0.367 e. The molecular weight excluding hydrogens is 210 g/mol. The molecule has 1 N–H and O–H groups in total. The van der Waals surface area contributed by atoms with Crippen LogP contribution in [0.1, 0.15) is 56.2 Å². The van der Waals surface area contributed by atoms with Gasteiger partial charge in [0, 0.05) is 17.3 Å². The van der Waals surface area contributed by atoms with Crippen molar-refractivity contribution in [3.63, 3.8) is 0 Å². The van der Waals surface area contributed by atoms with Gasteiger partial charge in [0.2, 0.25) is 0 Å². The lowest BCUT2D eigenvalue weighted by Gasteiger charge is -2.26. The van der Waals surface area contributed by atoms with Gasteiger partial charge in [0.1, 0.15) is 12.1 Å². The molecule has 2 aliphatic carbocycles. The Kier molecular flexibility index (Phi) is 3.25. The fraction of sp³-hybridized carbons (Fsp3) is 0.714.